The van der Waals surface area contributed by atoms with Gasteiger partial charge in [0.15, 0.2) is 0 Å². The molecule has 0 radical (unpaired) electrons. The van der Waals surface area contributed by atoms with Crippen molar-refractivity contribution in [3.8, 4) is 0 Å². The lowest BCUT2D eigenvalue weighted by molar-refractivity contribution is -0.0374. The molecular weight excluding hydrogens is 234 g/mol. The maximum atomic E-state index is 6.10. The summed E-state index contributed by atoms with van der Waals surface area (Å²) >= 11 is 0. The van der Waals surface area contributed by atoms with Crippen molar-refractivity contribution in [2.45, 2.75) is 58.1 Å². The first-order valence-corrected chi connectivity index (χ1v) is 7.56. The van der Waals surface area contributed by atoms with Crippen molar-refractivity contribution < 1.29 is 4.74 Å². The molecule has 19 heavy (non-hydrogen) atoms. The zero-order chi connectivity index (χ0) is 13.9. The molecule has 0 spiro atoms. The van der Waals surface area contributed by atoms with E-state index in [0.29, 0.717) is 5.92 Å². The van der Waals surface area contributed by atoms with Gasteiger partial charge < -0.3 is 10.1 Å². The van der Waals surface area contributed by atoms with Gasteiger partial charge in [-0.25, -0.2) is 0 Å². The molecule has 2 rings (SSSR count). The Morgan fingerprint density at radius 1 is 1.21 bits per heavy atom. The summed E-state index contributed by atoms with van der Waals surface area (Å²) in [7, 11) is 0. The van der Waals surface area contributed by atoms with Crippen molar-refractivity contribution in [2.75, 3.05) is 13.2 Å². The molecule has 0 aromatic heterocycles. The minimum Gasteiger partial charge on any atom is -0.370 e. The lowest BCUT2D eigenvalue weighted by Gasteiger charge is -2.40. The van der Waals surface area contributed by atoms with Crippen molar-refractivity contribution in [1.82, 2.24) is 5.32 Å². The van der Waals surface area contributed by atoms with Gasteiger partial charge in [0.05, 0.1) is 12.7 Å². The summed E-state index contributed by atoms with van der Waals surface area (Å²) in [6.07, 6.45) is 2.46. The first-order valence-electron chi connectivity index (χ1n) is 7.56. The smallest absolute Gasteiger partial charge is 0.0950 e. The molecule has 0 aliphatic carbocycles. The first kappa shape index (κ1) is 14.5. The maximum absolute atomic E-state index is 6.10. The molecule has 1 saturated heterocycles. The summed E-state index contributed by atoms with van der Waals surface area (Å²) in [6, 6.07) is 8.88. The van der Waals surface area contributed by atoms with E-state index in [2.05, 4.69) is 57.3 Å². The van der Waals surface area contributed by atoms with E-state index < -0.39 is 0 Å². The number of morpholine rings is 1. The number of hydrogen-bond donors (Lipinski definition) is 1. The molecule has 2 nitrogen and oxygen atoms in total. The van der Waals surface area contributed by atoms with Crippen molar-refractivity contribution >= 4 is 0 Å². The maximum Gasteiger partial charge on any atom is 0.0950 e. The summed E-state index contributed by atoms with van der Waals surface area (Å²) in [5.41, 5.74) is 2.87. The van der Waals surface area contributed by atoms with E-state index in [9.17, 15) is 0 Å². The monoisotopic (exact) mass is 261 g/mol. The zero-order valence-electron chi connectivity index (χ0n) is 12.7. The molecule has 1 heterocycles. The highest BCUT2D eigenvalue weighted by molar-refractivity contribution is 5.26. The van der Waals surface area contributed by atoms with Crippen molar-refractivity contribution in [3.63, 3.8) is 0 Å². The molecule has 2 heteroatoms. The third-order valence-electron chi connectivity index (χ3n) is 4.55. The summed E-state index contributed by atoms with van der Waals surface area (Å²) in [5.74, 6) is 0.590. The molecule has 0 saturated carbocycles. The summed E-state index contributed by atoms with van der Waals surface area (Å²) in [5, 5.41) is 3.69. The third-order valence-corrected chi connectivity index (χ3v) is 4.55. The lowest BCUT2D eigenvalue weighted by atomic mass is 9.91. The Morgan fingerprint density at radius 3 is 2.26 bits per heavy atom. The van der Waals surface area contributed by atoms with Crippen LogP contribution in [0.2, 0.25) is 0 Å². The minimum atomic E-state index is 0.189. The van der Waals surface area contributed by atoms with Crippen molar-refractivity contribution in [2.24, 2.45) is 0 Å². The van der Waals surface area contributed by atoms with E-state index in [1.54, 1.807) is 0 Å². The summed E-state index contributed by atoms with van der Waals surface area (Å²) in [6.45, 7) is 10.7. The largest absolute Gasteiger partial charge is 0.370 e. The number of nitrogens with one attached hydrogen (secondary N) is 1. The van der Waals surface area contributed by atoms with Crippen LogP contribution in [0.15, 0.2) is 24.3 Å². The van der Waals surface area contributed by atoms with Gasteiger partial charge in [-0.05, 0) is 29.9 Å². The van der Waals surface area contributed by atoms with Crippen LogP contribution >= 0.6 is 0 Å². The van der Waals surface area contributed by atoms with Gasteiger partial charge in [0.25, 0.3) is 0 Å². The standard InChI is InChI=1S/C17H27NO/c1-5-17(6-2)12-19-16(11-18-17)15-9-7-14(8-10-15)13(3)4/h7-10,13,16,18H,5-6,11-12H2,1-4H3. The van der Waals surface area contributed by atoms with Crippen LogP contribution in [-0.4, -0.2) is 18.7 Å². The fourth-order valence-electron chi connectivity index (χ4n) is 2.69. The highest BCUT2D eigenvalue weighted by Gasteiger charge is 2.32. The number of benzene rings is 1. The number of rotatable bonds is 4. The molecule has 1 unspecified atom stereocenters. The average Bonchev–Trinajstić information content (AvgIpc) is 2.47. The van der Waals surface area contributed by atoms with Gasteiger partial charge in [0.2, 0.25) is 0 Å². The number of ether oxygens (including phenoxy) is 1. The highest BCUT2D eigenvalue weighted by atomic mass is 16.5. The van der Waals surface area contributed by atoms with Crippen molar-refractivity contribution in [3.05, 3.63) is 35.4 Å². The van der Waals surface area contributed by atoms with Gasteiger partial charge in [0, 0.05) is 12.1 Å². The second-order valence-electron chi connectivity index (χ2n) is 5.99. The molecule has 1 aromatic carbocycles. The van der Waals surface area contributed by atoms with Crippen LogP contribution in [0, 0.1) is 0 Å². The van der Waals surface area contributed by atoms with Crippen LogP contribution in [0.5, 0.6) is 0 Å². The lowest BCUT2D eigenvalue weighted by Crippen LogP contribution is -2.54. The van der Waals surface area contributed by atoms with E-state index >= 15 is 0 Å². The zero-order valence-corrected chi connectivity index (χ0v) is 12.7. The van der Waals surface area contributed by atoms with Gasteiger partial charge >= 0.3 is 0 Å². The summed E-state index contributed by atoms with van der Waals surface area (Å²) in [4.78, 5) is 0. The molecule has 1 N–H and O–H groups in total. The van der Waals surface area contributed by atoms with Crippen LogP contribution in [-0.2, 0) is 4.74 Å². The molecule has 1 aromatic rings. The fourth-order valence-corrected chi connectivity index (χ4v) is 2.69. The SMILES string of the molecule is CCC1(CC)COC(c2ccc(C(C)C)cc2)CN1. The molecule has 1 aliphatic heterocycles. The molecular formula is C17H27NO. The average molecular weight is 261 g/mol. The normalized spacial score (nSPS) is 22.7. The minimum absolute atomic E-state index is 0.189. The molecule has 1 atom stereocenters. The summed E-state index contributed by atoms with van der Waals surface area (Å²) < 4.78 is 6.10. The Kier molecular flexibility index (Phi) is 4.64. The van der Waals surface area contributed by atoms with E-state index in [-0.39, 0.29) is 11.6 Å². The fraction of sp³-hybridized carbons (Fsp3) is 0.647. The van der Waals surface area contributed by atoms with Crippen LogP contribution in [0.25, 0.3) is 0 Å². The topological polar surface area (TPSA) is 21.3 Å². The van der Waals surface area contributed by atoms with E-state index in [4.69, 9.17) is 4.74 Å². The van der Waals surface area contributed by atoms with Crippen LogP contribution in [0.3, 0.4) is 0 Å². The Morgan fingerprint density at radius 2 is 1.84 bits per heavy atom. The number of hydrogen-bond acceptors (Lipinski definition) is 2. The molecule has 106 valence electrons. The second kappa shape index (κ2) is 6.06. The van der Waals surface area contributed by atoms with Gasteiger partial charge in [-0.1, -0.05) is 52.0 Å². The van der Waals surface area contributed by atoms with Crippen LogP contribution < -0.4 is 5.32 Å². The van der Waals surface area contributed by atoms with Crippen LogP contribution in [0.4, 0.5) is 0 Å². The van der Waals surface area contributed by atoms with E-state index in [1.807, 2.05) is 0 Å². The second-order valence-corrected chi connectivity index (χ2v) is 5.99. The van der Waals surface area contributed by atoms with Crippen LogP contribution in [0.1, 0.15) is 63.7 Å². The molecule has 0 amide bonds. The Hall–Kier alpha value is -0.860. The Balaban J connectivity index is 2.01. The van der Waals surface area contributed by atoms with Crippen molar-refractivity contribution in [1.29, 1.82) is 0 Å². The predicted molar refractivity (Wildman–Crippen MR) is 80.5 cm³/mol. The van der Waals surface area contributed by atoms with Gasteiger partial charge in [-0.2, -0.15) is 0 Å². The van der Waals surface area contributed by atoms with E-state index in [1.165, 1.54) is 11.1 Å². The first-order chi connectivity index (χ1) is 9.10. The Bertz CT molecular complexity index is 382. The molecule has 0 bridgehead atoms. The van der Waals surface area contributed by atoms with Gasteiger partial charge in [0.1, 0.15) is 0 Å². The highest BCUT2D eigenvalue weighted by Crippen LogP contribution is 2.28. The molecule has 1 aliphatic rings. The third kappa shape index (κ3) is 3.18. The quantitative estimate of drug-likeness (QED) is 0.883. The molecule has 1 fully saturated rings. The van der Waals surface area contributed by atoms with Gasteiger partial charge in [-0.15, -0.1) is 0 Å². The van der Waals surface area contributed by atoms with Gasteiger partial charge in [-0.3, -0.25) is 0 Å². The van der Waals surface area contributed by atoms with E-state index in [0.717, 1.165) is 26.0 Å². The predicted octanol–water partition coefficient (Wildman–Crippen LogP) is 4.03. The Labute approximate surface area is 117 Å².